The average Bonchev–Trinajstić information content (AvgIpc) is 2.33. The van der Waals surface area contributed by atoms with Crippen LogP contribution >= 0.6 is 11.6 Å². The Bertz CT molecular complexity index is 437. The summed E-state index contributed by atoms with van der Waals surface area (Å²) in [5.74, 6) is -1.50. The second kappa shape index (κ2) is 6.83. The highest BCUT2D eigenvalue weighted by atomic mass is 35.5. The van der Waals surface area contributed by atoms with Crippen molar-refractivity contribution in [2.45, 2.75) is 6.10 Å². The third-order valence-corrected chi connectivity index (χ3v) is 2.18. The average molecular weight is 274 g/mol. The molecule has 1 unspecified atom stereocenters. The maximum atomic E-state index is 11.3. The summed E-state index contributed by atoms with van der Waals surface area (Å²) in [6.45, 7) is -0.653. The number of hydrogen-bond acceptors (Lipinski definition) is 4. The predicted molar refractivity (Wildman–Crippen MR) is 63.6 cm³/mol. The van der Waals surface area contributed by atoms with Crippen molar-refractivity contribution in [2.75, 3.05) is 13.2 Å². The van der Waals surface area contributed by atoms with E-state index < -0.39 is 18.0 Å². The van der Waals surface area contributed by atoms with Crippen LogP contribution < -0.4 is 10.1 Å². The molecule has 0 aliphatic carbocycles. The van der Waals surface area contributed by atoms with E-state index in [-0.39, 0.29) is 13.2 Å². The van der Waals surface area contributed by atoms with E-state index in [0.717, 1.165) is 0 Å². The van der Waals surface area contributed by atoms with Gasteiger partial charge in [-0.05, 0) is 18.2 Å². The van der Waals surface area contributed by atoms with E-state index in [1.54, 1.807) is 24.3 Å². The lowest BCUT2D eigenvalue weighted by Crippen LogP contribution is -2.38. The molecule has 0 saturated carbocycles. The van der Waals surface area contributed by atoms with E-state index in [1.807, 2.05) is 0 Å². The van der Waals surface area contributed by atoms with Crippen molar-refractivity contribution in [3.8, 4) is 5.75 Å². The second-order valence-electron chi connectivity index (χ2n) is 3.40. The number of benzene rings is 1. The largest absolute Gasteiger partial charge is 0.484 e. The van der Waals surface area contributed by atoms with Crippen molar-refractivity contribution >= 4 is 23.5 Å². The fourth-order valence-corrected chi connectivity index (χ4v) is 1.23. The molecule has 1 aromatic carbocycles. The van der Waals surface area contributed by atoms with Gasteiger partial charge in [-0.15, -0.1) is 0 Å². The Morgan fingerprint density at radius 2 is 2.17 bits per heavy atom. The number of carbonyl (C=O) groups excluding carboxylic acids is 1. The van der Waals surface area contributed by atoms with Crippen molar-refractivity contribution < 1.29 is 24.5 Å². The van der Waals surface area contributed by atoms with Crippen molar-refractivity contribution in [3.63, 3.8) is 0 Å². The van der Waals surface area contributed by atoms with Crippen LogP contribution in [-0.4, -0.2) is 41.3 Å². The first-order valence-electron chi connectivity index (χ1n) is 5.05. The first-order valence-corrected chi connectivity index (χ1v) is 5.43. The Kier molecular flexibility index (Phi) is 5.41. The van der Waals surface area contributed by atoms with Crippen LogP contribution in [-0.2, 0) is 9.59 Å². The summed E-state index contributed by atoms with van der Waals surface area (Å²) in [4.78, 5) is 21.5. The number of hydrogen-bond donors (Lipinski definition) is 3. The highest BCUT2D eigenvalue weighted by Gasteiger charge is 2.14. The molecule has 0 aliphatic heterocycles. The van der Waals surface area contributed by atoms with Crippen LogP contribution in [0.1, 0.15) is 0 Å². The molecule has 0 fully saturated rings. The van der Waals surface area contributed by atoms with Gasteiger partial charge in [0.25, 0.3) is 5.91 Å². The summed E-state index contributed by atoms with van der Waals surface area (Å²) >= 11 is 5.72. The summed E-state index contributed by atoms with van der Waals surface area (Å²) in [6.07, 6.45) is -1.62. The number of aliphatic hydroxyl groups excluding tert-OH is 1. The van der Waals surface area contributed by atoms with Crippen molar-refractivity contribution in [3.05, 3.63) is 29.3 Å². The van der Waals surface area contributed by atoms with Crippen LogP contribution in [0.5, 0.6) is 5.75 Å². The monoisotopic (exact) mass is 273 g/mol. The highest BCUT2D eigenvalue weighted by Crippen LogP contribution is 2.16. The van der Waals surface area contributed by atoms with Gasteiger partial charge >= 0.3 is 5.97 Å². The number of halogens is 1. The Hall–Kier alpha value is -1.79. The van der Waals surface area contributed by atoms with Gasteiger partial charge in [-0.1, -0.05) is 17.7 Å². The topological polar surface area (TPSA) is 95.9 Å². The van der Waals surface area contributed by atoms with E-state index in [4.69, 9.17) is 26.6 Å². The van der Waals surface area contributed by atoms with Crippen LogP contribution in [0, 0.1) is 0 Å². The maximum Gasteiger partial charge on any atom is 0.334 e. The highest BCUT2D eigenvalue weighted by molar-refractivity contribution is 6.30. The fourth-order valence-electron chi connectivity index (χ4n) is 1.05. The predicted octanol–water partition coefficient (Wildman–Crippen LogP) is 0.280. The summed E-state index contributed by atoms with van der Waals surface area (Å²) < 4.78 is 5.12. The van der Waals surface area contributed by atoms with Crippen LogP contribution in [0.25, 0.3) is 0 Å². The molecule has 1 rings (SSSR count). The number of rotatable bonds is 6. The number of aliphatic hydroxyl groups is 1. The fraction of sp³-hybridized carbons (Fsp3) is 0.273. The molecule has 0 heterocycles. The van der Waals surface area contributed by atoms with Gasteiger partial charge in [-0.25, -0.2) is 4.79 Å². The minimum absolute atomic E-state index is 0.285. The van der Waals surface area contributed by atoms with Crippen LogP contribution in [0.4, 0.5) is 0 Å². The Morgan fingerprint density at radius 3 is 2.78 bits per heavy atom. The molecule has 0 aromatic heterocycles. The number of ether oxygens (including phenoxy) is 1. The molecule has 6 nitrogen and oxygen atoms in total. The van der Waals surface area contributed by atoms with Gasteiger partial charge < -0.3 is 20.3 Å². The first-order chi connectivity index (χ1) is 8.49. The normalized spacial score (nSPS) is 11.7. The molecule has 3 N–H and O–H groups in total. The number of aliphatic carboxylic acids is 1. The molecule has 98 valence electrons. The second-order valence-corrected chi connectivity index (χ2v) is 3.84. The Morgan fingerprint density at radius 1 is 1.44 bits per heavy atom. The van der Waals surface area contributed by atoms with E-state index in [2.05, 4.69) is 5.32 Å². The number of carbonyl (C=O) groups is 2. The standard InChI is InChI=1S/C11H12ClNO5/c12-7-2-1-3-8(4-7)18-6-10(15)13-5-9(14)11(16)17/h1-4,9,14H,5-6H2,(H,13,15)(H,16,17). The smallest absolute Gasteiger partial charge is 0.334 e. The van der Waals surface area contributed by atoms with Gasteiger partial charge in [-0.3, -0.25) is 4.79 Å². The Balaban J connectivity index is 2.31. The molecule has 0 bridgehead atoms. The first kappa shape index (κ1) is 14.3. The summed E-state index contributed by atoms with van der Waals surface area (Å²) in [6, 6.07) is 6.51. The number of carboxylic acid groups (broad SMARTS) is 1. The van der Waals surface area contributed by atoms with Crippen molar-refractivity contribution in [1.29, 1.82) is 0 Å². The molecule has 1 amide bonds. The minimum atomic E-state index is -1.62. The zero-order valence-corrected chi connectivity index (χ0v) is 10.1. The molecule has 0 spiro atoms. The summed E-state index contributed by atoms with van der Waals surface area (Å²) in [5, 5.41) is 20.0. The van der Waals surface area contributed by atoms with Gasteiger partial charge in [-0.2, -0.15) is 0 Å². The maximum absolute atomic E-state index is 11.3. The molecular weight excluding hydrogens is 262 g/mol. The quantitative estimate of drug-likeness (QED) is 0.692. The molecule has 0 radical (unpaired) electrons. The van der Waals surface area contributed by atoms with Crippen LogP contribution in [0.2, 0.25) is 5.02 Å². The number of amides is 1. The van der Waals surface area contributed by atoms with Crippen LogP contribution in [0.15, 0.2) is 24.3 Å². The number of carboxylic acids is 1. The van der Waals surface area contributed by atoms with Gasteiger partial charge in [0.1, 0.15) is 5.75 Å². The van der Waals surface area contributed by atoms with Gasteiger partial charge in [0.2, 0.25) is 0 Å². The van der Waals surface area contributed by atoms with Gasteiger partial charge in [0.05, 0.1) is 6.54 Å². The zero-order chi connectivity index (χ0) is 13.5. The third kappa shape index (κ3) is 5.03. The van der Waals surface area contributed by atoms with Gasteiger partial charge in [0, 0.05) is 5.02 Å². The third-order valence-electron chi connectivity index (χ3n) is 1.94. The zero-order valence-electron chi connectivity index (χ0n) is 9.30. The van der Waals surface area contributed by atoms with E-state index >= 15 is 0 Å². The van der Waals surface area contributed by atoms with E-state index in [9.17, 15) is 9.59 Å². The SMILES string of the molecule is O=C(COc1cccc(Cl)c1)NCC(O)C(=O)O. The molecule has 7 heteroatoms. The van der Waals surface area contributed by atoms with Gasteiger partial charge in [0.15, 0.2) is 12.7 Å². The molecular formula is C11H12ClNO5. The lowest BCUT2D eigenvalue weighted by Gasteiger charge is -2.09. The van der Waals surface area contributed by atoms with E-state index in [0.29, 0.717) is 10.8 Å². The Labute approximate surface area is 108 Å². The molecule has 18 heavy (non-hydrogen) atoms. The molecule has 1 atom stereocenters. The number of nitrogens with one attached hydrogen (secondary N) is 1. The minimum Gasteiger partial charge on any atom is -0.484 e. The summed E-state index contributed by atoms with van der Waals surface area (Å²) in [5.41, 5.74) is 0. The van der Waals surface area contributed by atoms with Crippen molar-refractivity contribution in [1.82, 2.24) is 5.32 Å². The van der Waals surface area contributed by atoms with E-state index in [1.165, 1.54) is 0 Å². The molecule has 1 aromatic rings. The lowest BCUT2D eigenvalue weighted by molar-refractivity contribution is -0.146. The van der Waals surface area contributed by atoms with Crippen LogP contribution in [0.3, 0.4) is 0 Å². The lowest BCUT2D eigenvalue weighted by atomic mass is 10.3. The molecule has 0 aliphatic rings. The summed E-state index contributed by atoms with van der Waals surface area (Å²) in [7, 11) is 0. The van der Waals surface area contributed by atoms with Crippen molar-refractivity contribution in [2.24, 2.45) is 0 Å². The molecule has 0 saturated heterocycles.